The SMILES string of the molecule is Cc1ccc(C2CC(NC(=O)OC(C)(C)C)CCN2)cc1F. The summed E-state index contributed by atoms with van der Waals surface area (Å²) in [5.41, 5.74) is 1.05. The van der Waals surface area contributed by atoms with Crippen LogP contribution in [0.3, 0.4) is 0 Å². The van der Waals surface area contributed by atoms with Crippen molar-refractivity contribution in [3.05, 3.63) is 35.1 Å². The van der Waals surface area contributed by atoms with Crippen LogP contribution in [0, 0.1) is 12.7 Å². The van der Waals surface area contributed by atoms with E-state index >= 15 is 0 Å². The zero-order chi connectivity index (χ0) is 16.3. The molecule has 2 rings (SSSR count). The van der Waals surface area contributed by atoms with Gasteiger partial charge in [-0.15, -0.1) is 0 Å². The molecule has 1 aromatic carbocycles. The minimum atomic E-state index is -0.503. The molecule has 2 N–H and O–H groups in total. The number of alkyl carbamates (subject to hydrolysis) is 1. The van der Waals surface area contributed by atoms with E-state index < -0.39 is 11.7 Å². The second-order valence-electron chi connectivity index (χ2n) is 6.88. The lowest BCUT2D eigenvalue weighted by molar-refractivity contribution is 0.0490. The number of rotatable bonds is 2. The molecule has 0 aromatic heterocycles. The van der Waals surface area contributed by atoms with Crippen LogP contribution in [0.4, 0.5) is 9.18 Å². The van der Waals surface area contributed by atoms with Gasteiger partial charge in [0, 0.05) is 12.1 Å². The quantitative estimate of drug-likeness (QED) is 0.880. The molecule has 2 unspecified atom stereocenters. The third-order valence-corrected chi connectivity index (χ3v) is 3.72. The maximum absolute atomic E-state index is 13.7. The van der Waals surface area contributed by atoms with Gasteiger partial charge in [-0.2, -0.15) is 0 Å². The van der Waals surface area contributed by atoms with E-state index in [-0.39, 0.29) is 17.9 Å². The number of piperidine rings is 1. The highest BCUT2D eigenvalue weighted by atomic mass is 19.1. The molecule has 0 spiro atoms. The minimum Gasteiger partial charge on any atom is -0.444 e. The van der Waals surface area contributed by atoms with Crippen molar-refractivity contribution in [2.75, 3.05) is 6.54 Å². The Labute approximate surface area is 131 Å². The summed E-state index contributed by atoms with van der Waals surface area (Å²) in [4.78, 5) is 11.9. The molecular formula is C17H25FN2O2. The first kappa shape index (κ1) is 16.7. The predicted octanol–water partition coefficient (Wildman–Crippen LogP) is 3.45. The molecule has 0 radical (unpaired) electrons. The third kappa shape index (κ3) is 4.70. The summed E-state index contributed by atoms with van der Waals surface area (Å²) in [5, 5.41) is 6.28. The number of amides is 1. The molecule has 1 fully saturated rings. The van der Waals surface area contributed by atoms with E-state index in [9.17, 15) is 9.18 Å². The molecule has 0 bridgehead atoms. The molecule has 1 saturated heterocycles. The highest BCUT2D eigenvalue weighted by molar-refractivity contribution is 5.68. The predicted molar refractivity (Wildman–Crippen MR) is 84.3 cm³/mol. The molecular weight excluding hydrogens is 283 g/mol. The summed E-state index contributed by atoms with van der Waals surface area (Å²) in [5.74, 6) is -0.193. The second kappa shape index (κ2) is 6.65. The molecule has 122 valence electrons. The van der Waals surface area contributed by atoms with E-state index in [1.54, 1.807) is 19.1 Å². The van der Waals surface area contributed by atoms with Gasteiger partial charge in [-0.1, -0.05) is 12.1 Å². The van der Waals surface area contributed by atoms with E-state index in [1.165, 1.54) is 0 Å². The maximum atomic E-state index is 13.7. The van der Waals surface area contributed by atoms with Crippen LogP contribution in [0.25, 0.3) is 0 Å². The van der Waals surface area contributed by atoms with Gasteiger partial charge in [-0.05, 0) is 64.3 Å². The number of hydrogen-bond acceptors (Lipinski definition) is 3. The van der Waals surface area contributed by atoms with Gasteiger partial charge >= 0.3 is 6.09 Å². The Morgan fingerprint density at radius 3 is 2.77 bits per heavy atom. The van der Waals surface area contributed by atoms with Crippen molar-refractivity contribution in [3.8, 4) is 0 Å². The first-order chi connectivity index (χ1) is 10.2. The van der Waals surface area contributed by atoms with Gasteiger partial charge in [-0.25, -0.2) is 9.18 Å². The van der Waals surface area contributed by atoms with E-state index in [2.05, 4.69) is 10.6 Å². The monoisotopic (exact) mass is 308 g/mol. The van der Waals surface area contributed by atoms with Crippen LogP contribution in [0.2, 0.25) is 0 Å². The molecule has 1 heterocycles. The fraction of sp³-hybridized carbons (Fsp3) is 0.588. The van der Waals surface area contributed by atoms with Gasteiger partial charge in [0.05, 0.1) is 0 Å². The number of benzene rings is 1. The Bertz CT molecular complexity index is 540. The van der Waals surface area contributed by atoms with E-state index in [0.717, 1.165) is 24.9 Å². The molecule has 1 amide bonds. The summed E-state index contributed by atoms with van der Waals surface area (Å²) in [6, 6.07) is 5.38. The molecule has 4 nitrogen and oxygen atoms in total. The number of aryl methyl sites for hydroxylation is 1. The van der Waals surface area contributed by atoms with Crippen LogP contribution >= 0.6 is 0 Å². The molecule has 1 aliphatic rings. The van der Waals surface area contributed by atoms with Gasteiger partial charge in [0.25, 0.3) is 0 Å². The van der Waals surface area contributed by atoms with Crippen molar-refractivity contribution in [3.63, 3.8) is 0 Å². The Morgan fingerprint density at radius 1 is 1.41 bits per heavy atom. The van der Waals surface area contributed by atoms with Crippen molar-refractivity contribution in [1.82, 2.24) is 10.6 Å². The Balaban J connectivity index is 1.96. The number of carbonyl (C=O) groups is 1. The van der Waals surface area contributed by atoms with Crippen molar-refractivity contribution >= 4 is 6.09 Å². The van der Waals surface area contributed by atoms with Gasteiger partial charge in [-0.3, -0.25) is 0 Å². The first-order valence-electron chi connectivity index (χ1n) is 7.73. The fourth-order valence-corrected chi connectivity index (χ4v) is 2.60. The van der Waals surface area contributed by atoms with Crippen LogP contribution in [-0.2, 0) is 4.74 Å². The Morgan fingerprint density at radius 2 is 2.14 bits per heavy atom. The molecule has 22 heavy (non-hydrogen) atoms. The Kier molecular flexibility index (Phi) is 5.06. The molecule has 2 atom stereocenters. The molecule has 0 aliphatic carbocycles. The summed E-state index contributed by atoms with van der Waals surface area (Å²) in [7, 11) is 0. The van der Waals surface area contributed by atoms with Crippen LogP contribution in [-0.4, -0.2) is 24.3 Å². The zero-order valence-electron chi connectivity index (χ0n) is 13.7. The van der Waals surface area contributed by atoms with E-state index in [0.29, 0.717) is 5.56 Å². The lowest BCUT2D eigenvalue weighted by Crippen LogP contribution is -2.45. The highest BCUT2D eigenvalue weighted by Crippen LogP contribution is 2.25. The summed E-state index contributed by atoms with van der Waals surface area (Å²) in [6.07, 6.45) is 1.17. The molecule has 1 aliphatic heterocycles. The van der Waals surface area contributed by atoms with Gasteiger partial charge in [0.15, 0.2) is 0 Å². The van der Waals surface area contributed by atoms with Crippen molar-refractivity contribution in [2.45, 2.75) is 58.2 Å². The Hall–Kier alpha value is -1.62. The van der Waals surface area contributed by atoms with Crippen LogP contribution in [0.5, 0.6) is 0 Å². The number of halogens is 1. The summed E-state index contributed by atoms with van der Waals surface area (Å²) < 4.78 is 19.0. The van der Waals surface area contributed by atoms with Crippen molar-refractivity contribution in [1.29, 1.82) is 0 Å². The number of nitrogens with one attached hydrogen (secondary N) is 2. The summed E-state index contributed by atoms with van der Waals surface area (Å²) in [6.45, 7) is 8.05. The third-order valence-electron chi connectivity index (χ3n) is 3.72. The van der Waals surface area contributed by atoms with E-state index in [1.807, 2.05) is 26.8 Å². The van der Waals surface area contributed by atoms with Crippen LogP contribution in [0.1, 0.15) is 50.8 Å². The van der Waals surface area contributed by atoms with Crippen LogP contribution < -0.4 is 10.6 Å². The summed E-state index contributed by atoms with van der Waals surface area (Å²) >= 11 is 0. The first-order valence-corrected chi connectivity index (χ1v) is 7.73. The van der Waals surface area contributed by atoms with E-state index in [4.69, 9.17) is 4.74 Å². The molecule has 1 aromatic rings. The fourth-order valence-electron chi connectivity index (χ4n) is 2.60. The van der Waals surface area contributed by atoms with Crippen molar-refractivity contribution in [2.24, 2.45) is 0 Å². The topological polar surface area (TPSA) is 50.4 Å². The van der Waals surface area contributed by atoms with Gasteiger partial charge in [0.1, 0.15) is 11.4 Å². The zero-order valence-corrected chi connectivity index (χ0v) is 13.7. The second-order valence-corrected chi connectivity index (χ2v) is 6.88. The van der Waals surface area contributed by atoms with Crippen molar-refractivity contribution < 1.29 is 13.9 Å². The standard InChI is InChI=1S/C17H25FN2O2/c1-11-5-6-12(9-14(11)18)15-10-13(7-8-19-15)20-16(21)22-17(2,3)4/h5-6,9,13,15,19H,7-8,10H2,1-4H3,(H,20,21). The number of ether oxygens (including phenoxy) is 1. The molecule has 5 heteroatoms. The van der Waals surface area contributed by atoms with Crippen LogP contribution in [0.15, 0.2) is 18.2 Å². The largest absolute Gasteiger partial charge is 0.444 e. The average molecular weight is 308 g/mol. The lowest BCUT2D eigenvalue weighted by Gasteiger charge is -2.32. The average Bonchev–Trinajstić information content (AvgIpc) is 2.40. The normalized spacial score (nSPS) is 22.2. The van der Waals surface area contributed by atoms with Gasteiger partial charge in [0.2, 0.25) is 0 Å². The lowest BCUT2D eigenvalue weighted by atomic mass is 9.93. The number of hydrogen-bond donors (Lipinski definition) is 2. The van der Waals surface area contributed by atoms with Gasteiger partial charge < -0.3 is 15.4 Å². The minimum absolute atomic E-state index is 0.0328. The maximum Gasteiger partial charge on any atom is 0.407 e. The number of carbonyl (C=O) groups excluding carboxylic acids is 1. The molecule has 0 saturated carbocycles. The highest BCUT2D eigenvalue weighted by Gasteiger charge is 2.26. The smallest absolute Gasteiger partial charge is 0.407 e.